The molecule has 0 spiro atoms. The zero-order valence-electron chi connectivity index (χ0n) is 9.89. The van der Waals surface area contributed by atoms with Gasteiger partial charge < -0.3 is 19.5 Å². The predicted octanol–water partition coefficient (Wildman–Crippen LogP) is -0.598. The van der Waals surface area contributed by atoms with E-state index in [-0.39, 0.29) is 11.8 Å². The lowest BCUT2D eigenvalue weighted by molar-refractivity contribution is -0.314. The molecule has 2 aliphatic rings. The molecule has 0 radical (unpaired) electrons. The van der Waals surface area contributed by atoms with Gasteiger partial charge in [-0.2, -0.15) is 0 Å². The maximum atomic E-state index is 12.2. The minimum absolute atomic E-state index is 0.0257. The topological polar surface area (TPSA) is 69.7 Å². The molecule has 96 valence electrons. The first kappa shape index (κ1) is 12.4. The molecule has 0 aromatic carbocycles. The van der Waals surface area contributed by atoms with Crippen molar-refractivity contribution >= 4 is 11.9 Å². The highest BCUT2D eigenvalue weighted by atomic mass is 16.5. The molecule has 5 heteroatoms. The second-order valence-corrected chi connectivity index (χ2v) is 4.75. The predicted molar refractivity (Wildman–Crippen MR) is 57.9 cm³/mol. The fraction of sp³-hybridized carbons (Fsp3) is 0.833. The average molecular weight is 240 g/mol. The third-order valence-electron chi connectivity index (χ3n) is 3.71. The Balaban J connectivity index is 2.02. The fourth-order valence-electron chi connectivity index (χ4n) is 2.73. The van der Waals surface area contributed by atoms with Crippen LogP contribution < -0.4 is 5.11 Å². The standard InChI is InChI=1S/C12H19NO4/c14-11(13-5-7-17-8-6-13)9-3-1-2-4-10(9)12(15)16/h9-10H,1-8H2,(H,15,16)/p-1/t9-,10-/m0/s1. The number of morpholine rings is 1. The largest absolute Gasteiger partial charge is 0.550 e. The highest BCUT2D eigenvalue weighted by Gasteiger charge is 2.34. The number of nitrogens with zero attached hydrogens (tertiary/aromatic N) is 1. The molecule has 5 nitrogen and oxygen atoms in total. The van der Waals surface area contributed by atoms with E-state index in [1.54, 1.807) is 4.90 Å². The zero-order valence-corrected chi connectivity index (χ0v) is 9.89. The van der Waals surface area contributed by atoms with E-state index in [1.165, 1.54) is 0 Å². The average Bonchev–Trinajstić information content (AvgIpc) is 2.39. The molecular weight excluding hydrogens is 222 g/mol. The van der Waals surface area contributed by atoms with Gasteiger partial charge in [-0.1, -0.05) is 12.8 Å². The Bertz CT molecular complexity index is 299. The number of ether oxygens (including phenoxy) is 1. The molecule has 0 aromatic rings. The van der Waals surface area contributed by atoms with Crippen molar-refractivity contribution in [3.05, 3.63) is 0 Å². The summed E-state index contributed by atoms with van der Waals surface area (Å²) in [7, 11) is 0. The maximum absolute atomic E-state index is 12.2. The normalized spacial score (nSPS) is 30.0. The number of rotatable bonds is 2. The van der Waals surface area contributed by atoms with Crippen molar-refractivity contribution in [1.82, 2.24) is 4.90 Å². The highest BCUT2D eigenvalue weighted by molar-refractivity contribution is 5.84. The number of amides is 1. The molecule has 2 fully saturated rings. The Morgan fingerprint density at radius 2 is 1.65 bits per heavy atom. The molecule has 0 unspecified atom stereocenters. The number of carbonyl (C=O) groups is 2. The summed E-state index contributed by atoms with van der Waals surface area (Å²) in [5.74, 6) is -2.08. The molecule has 1 saturated heterocycles. The second kappa shape index (κ2) is 5.49. The summed E-state index contributed by atoms with van der Waals surface area (Å²) in [6.07, 6.45) is 3.06. The van der Waals surface area contributed by atoms with Crippen molar-refractivity contribution in [2.75, 3.05) is 26.3 Å². The van der Waals surface area contributed by atoms with Gasteiger partial charge >= 0.3 is 0 Å². The number of aliphatic carboxylic acids is 1. The lowest BCUT2D eigenvalue weighted by Crippen LogP contribution is -2.49. The summed E-state index contributed by atoms with van der Waals surface area (Å²) in [5.41, 5.74) is 0. The lowest BCUT2D eigenvalue weighted by atomic mass is 9.78. The van der Waals surface area contributed by atoms with Gasteiger partial charge in [0.15, 0.2) is 0 Å². The Morgan fingerprint density at radius 1 is 1.06 bits per heavy atom. The molecule has 17 heavy (non-hydrogen) atoms. The molecule has 1 saturated carbocycles. The first-order chi connectivity index (χ1) is 8.20. The second-order valence-electron chi connectivity index (χ2n) is 4.75. The lowest BCUT2D eigenvalue weighted by Gasteiger charge is -2.36. The molecule has 0 aromatic heterocycles. The van der Waals surface area contributed by atoms with E-state index in [2.05, 4.69) is 0 Å². The van der Waals surface area contributed by atoms with Crippen LogP contribution in [0.5, 0.6) is 0 Å². The van der Waals surface area contributed by atoms with E-state index in [0.717, 1.165) is 12.8 Å². The summed E-state index contributed by atoms with van der Waals surface area (Å²) in [4.78, 5) is 25.0. The Kier molecular flexibility index (Phi) is 3.99. The van der Waals surface area contributed by atoms with Crippen LogP contribution in [0.4, 0.5) is 0 Å². The first-order valence-electron chi connectivity index (χ1n) is 6.27. The van der Waals surface area contributed by atoms with Crippen LogP contribution in [0.2, 0.25) is 0 Å². The number of carboxylic acids is 1. The van der Waals surface area contributed by atoms with Crippen molar-refractivity contribution in [3.8, 4) is 0 Å². The van der Waals surface area contributed by atoms with Gasteiger partial charge in [0.25, 0.3) is 0 Å². The third-order valence-corrected chi connectivity index (χ3v) is 3.71. The van der Waals surface area contributed by atoms with Crippen LogP contribution in [0.15, 0.2) is 0 Å². The molecule has 1 aliphatic heterocycles. The molecular formula is C12H18NO4-. The molecule has 1 aliphatic carbocycles. The number of hydrogen-bond acceptors (Lipinski definition) is 4. The minimum Gasteiger partial charge on any atom is -0.550 e. The van der Waals surface area contributed by atoms with Gasteiger partial charge in [0.1, 0.15) is 0 Å². The van der Waals surface area contributed by atoms with Crippen LogP contribution in [0.25, 0.3) is 0 Å². The Labute approximate surface area is 101 Å². The van der Waals surface area contributed by atoms with Gasteiger partial charge in [-0.3, -0.25) is 4.79 Å². The van der Waals surface area contributed by atoms with E-state index in [9.17, 15) is 14.7 Å². The molecule has 1 amide bonds. The van der Waals surface area contributed by atoms with E-state index in [4.69, 9.17) is 4.74 Å². The molecule has 2 rings (SSSR count). The summed E-state index contributed by atoms with van der Waals surface area (Å²) >= 11 is 0. The van der Waals surface area contributed by atoms with Gasteiger partial charge in [-0.15, -0.1) is 0 Å². The van der Waals surface area contributed by atoms with E-state index >= 15 is 0 Å². The van der Waals surface area contributed by atoms with E-state index < -0.39 is 11.9 Å². The van der Waals surface area contributed by atoms with Crippen LogP contribution in [0.3, 0.4) is 0 Å². The minimum atomic E-state index is -1.07. The zero-order chi connectivity index (χ0) is 12.3. The summed E-state index contributed by atoms with van der Waals surface area (Å²) in [5, 5.41) is 11.0. The molecule has 1 heterocycles. The molecule has 0 bridgehead atoms. The van der Waals surface area contributed by atoms with Crippen molar-refractivity contribution < 1.29 is 19.4 Å². The van der Waals surface area contributed by atoms with Crippen molar-refractivity contribution in [2.45, 2.75) is 25.7 Å². The van der Waals surface area contributed by atoms with Crippen molar-refractivity contribution in [2.24, 2.45) is 11.8 Å². The number of carboxylic acid groups (broad SMARTS) is 1. The van der Waals surface area contributed by atoms with Crippen LogP contribution in [0, 0.1) is 11.8 Å². The van der Waals surface area contributed by atoms with Crippen LogP contribution >= 0.6 is 0 Å². The fourth-order valence-corrected chi connectivity index (χ4v) is 2.73. The highest BCUT2D eigenvalue weighted by Crippen LogP contribution is 2.31. The van der Waals surface area contributed by atoms with Crippen molar-refractivity contribution in [1.29, 1.82) is 0 Å². The van der Waals surface area contributed by atoms with Crippen molar-refractivity contribution in [3.63, 3.8) is 0 Å². The van der Waals surface area contributed by atoms with Gasteiger partial charge in [-0.25, -0.2) is 0 Å². The summed E-state index contributed by atoms with van der Waals surface area (Å²) in [6.45, 7) is 2.26. The maximum Gasteiger partial charge on any atom is 0.226 e. The van der Waals surface area contributed by atoms with Gasteiger partial charge in [0, 0.05) is 30.9 Å². The van der Waals surface area contributed by atoms with Crippen LogP contribution in [-0.4, -0.2) is 43.1 Å². The van der Waals surface area contributed by atoms with E-state index in [0.29, 0.717) is 39.1 Å². The monoisotopic (exact) mass is 240 g/mol. The van der Waals surface area contributed by atoms with Gasteiger partial charge in [0.2, 0.25) is 5.91 Å². The first-order valence-corrected chi connectivity index (χ1v) is 6.27. The molecule has 2 atom stereocenters. The van der Waals surface area contributed by atoms with Gasteiger partial charge in [0.05, 0.1) is 13.2 Å². The Morgan fingerprint density at radius 3 is 2.24 bits per heavy atom. The molecule has 0 N–H and O–H groups in total. The summed E-state index contributed by atoms with van der Waals surface area (Å²) in [6, 6.07) is 0. The number of carbonyl (C=O) groups excluding carboxylic acids is 2. The summed E-state index contributed by atoms with van der Waals surface area (Å²) < 4.78 is 5.19. The Hall–Kier alpha value is -1.10. The van der Waals surface area contributed by atoms with Gasteiger partial charge in [-0.05, 0) is 12.8 Å². The SMILES string of the molecule is O=C([O-])[C@H]1CCCC[C@@H]1C(=O)N1CCOCC1. The van der Waals surface area contributed by atoms with E-state index in [1.807, 2.05) is 0 Å². The smallest absolute Gasteiger partial charge is 0.226 e. The third kappa shape index (κ3) is 2.77. The quantitative estimate of drug-likeness (QED) is 0.646. The number of hydrogen-bond donors (Lipinski definition) is 0. The van der Waals surface area contributed by atoms with Crippen LogP contribution in [0.1, 0.15) is 25.7 Å². The van der Waals surface area contributed by atoms with Crippen LogP contribution in [-0.2, 0) is 14.3 Å².